The molecule has 0 radical (unpaired) electrons. The van der Waals surface area contributed by atoms with Crippen LogP contribution in [0.2, 0.25) is 5.02 Å². The Kier molecular flexibility index (Phi) is 5.25. The number of thioether (sulfide) groups is 1. The van der Waals surface area contributed by atoms with Crippen molar-refractivity contribution in [2.45, 2.75) is 4.90 Å². The van der Waals surface area contributed by atoms with Gasteiger partial charge in [-0.05, 0) is 30.3 Å². The van der Waals surface area contributed by atoms with Crippen LogP contribution in [0.5, 0.6) is 0 Å². The molecule has 108 valence electrons. The van der Waals surface area contributed by atoms with Crippen molar-refractivity contribution in [3.8, 4) is 0 Å². The van der Waals surface area contributed by atoms with Crippen LogP contribution < -0.4 is 11.1 Å². The molecule has 4 nitrogen and oxygen atoms in total. The van der Waals surface area contributed by atoms with Crippen LogP contribution in [0.4, 0.5) is 5.69 Å². The number of halogens is 1. The van der Waals surface area contributed by atoms with Crippen molar-refractivity contribution in [3.05, 3.63) is 59.1 Å². The van der Waals surface area contributed by atoms with E-state index in [9.17, 15) is 9.59 Å². The van der Waals surface area contributed by atoms with E-state index in [0.717, 1.165) is 4.90 Å². The number of hydrogen-bond donors (Lipinski definition) is 2. The molecule has 6 heteroatoms. The van der Waals surface area contributed by atoms with Crippen LogP contribution in [-0.4, -0.2) is 17.6 Å². The van der Waals surface area contributed by atoms with Gasteiger partial charge in [0.25, 0.3) is 5.91 Å². The zero-order valence-corrected chi connectivity index (χ0v) is 12.6. The minimum Gasteiger partial charge on any atom is -0.398 e. The molecule has 0 aliphatic rings. The number of nitrogens with two attached hydrogens (primary N) is 1. The molecule has 2 rings (SSSR count). The molecule has 0 unspecified atom stereocenters. The monoisotopic (exact) mass is 320 g/mol. The molecule has 0 saturated heterocycles. The maximum absolute atomic E-state index is 11.8. The van der Waals surface area contributed by atoms with Crippen LogP contribution in [0.15, 0.2) is 53.4 Å². The number of benzene rings is 2. The standard InChI is InChI=1S/C15H13ClN2O2S/c16-11-6-7-13(12(17)8-11)21-9-14(19)18-15(20)10-4-2-1-3-5-10/h1-8H,9,17H2,(H,18,19,20). The van der Waals surface area contributed by atoms with E-state index in [0.29, 0.717) is 16.3 Å². The number of carbonyl (C=O) groups excluding carboxylic acids is 2. The lowest BCUT2D eigenvalue weighted by molar-refractivity contribution is -0.117. The smallest absolute Gasteiger partial charge is 0.257 e. The zero-order valence-electron chi connectivity index (χ0n) is 11.0. The van der Waals surface area contributed by atoms with Crippen LogP contribution >= 0.6 is 23.4 Å². The number of hydrogen-bond acceptors (Lipinski definition) is 4. The Morgan fingerprint density at radius 3 is 2.52 bits per heavy atom. The van der Waals surface area contributed by atoms with Gasteiger partial charge in [0.2, 0.25) is 5.91 Å². The Bertz CT molecular complexity index is 662. The maximum atomic E-state index is 11.8. The van der Waals surface area contributed by atoms with E-state index >= 15 is 0 Å². The second-order valence-electron chi connectivity index (χ2n) is 4.21. The molecule has 0 spiro atoms. The van der Waals surface area contributed by atoms with E-state index < -0.39 is 5.91 Å². The van der Waals surface area contributed by atoms with E-state index in [-0.39, 0.29) is 11.7 Å². The predicted octanol–water partition coefficient (Wildman–Crippen LogP) is 2.97. The second-order valence-corrected chi connectivity index (χ2v) is 5.67. The summed E-state index contributed by atoms with van der Waals surface area (Å²) in [5.74, 6) is -0.682. The number of nitrogens with one attached hydrogen (secondary N) is 1. The normalized spacial score (nSPS) is 10.1. The molecule has 0 heterocycles. The lowest BCUT2D eigenvalue weighted by atomic mass is 10.2. The summed E-state index contributed by atoms with van der Waals surface area (Å²) in [5, 5.41) is 2.87. The number of nitrogen functional groups attached to an aromatic ring is 1. The van der Waals surface area contributed by atoms with Crippen molar-refractivity contribution in [2.75, 3.05) is 11.5 Å². The molecule has 0 saturated carbocycles. The van der Waals surface area contributed by atoms with Crippen molar-refractivity contribution in [3.63, 3.8) is 0 Å². The molecule has 2 amide bonds. The van der Waals surface area contributed by atoms with Gasteiger partial charge in [-0.1, -0.05) is 29.8 Å². The third-order valence-electron chi connectivity index (χ3n) is 2.62. The average molecular weight is 321 g/mol. The summed E-state index contributed by atoms with van der Waals surface area (Å²) in [5.41, 5.74) is 6.75. The van der Waals surface area contributed by atoms with Crippen LogP contribution in [-0.2, 0) is 4.79 Å². The molecule has 21 heavy (non-hydrogen) atoms. The first-order valence-electron chi connectivity index (χ1n) is 6.13. The van der Waals surface area contributed by atoms with Gasteiger partial charge in [0.15, 0.2) is 0 Å². The number of rotatable bonds is 4. The fourth-order valence-corrected chi connectivity index (χ4v) is 2.55. The lowest BCUT2D eigenvalue weighted by Gasteiger charge is -2.06. The molecule has 2 aromatic carbocycles. The molecular weight excluding hydrogens is 308 g/mol. The highest BCUT2D eigenvalue weighted by molar-refractivity contribution is 8.00. The first kappa shape index (κ1) is 15.4. The topological polar surface area (TPSA) is 72.2 Å². The van der Waals surface area contributed by atoms with Gasteiger partial charge in [-0.3, -0.25) is 14.9 Å². The molecule has 0 fully saturated rings. The summed E-state index contributed by atoms with van der Waals surface area (Å²) in [7, 11) is 0. The van der Waals surface area contributed by atoms with E-state index in [1.165, 1.54) is 11.8 Å². The van der Waals surface area contributed by atoms with E-state index in [4.69, 9.17) is 17.3 Å². The van der Waals surface area contributed by atoms with Gasteiger partial charge in [0.05, 0.1) is 5.75 Å². The second kappa shape index (κ2) is 7.15. The van der Waals surface area contributed by atoms with Gasteiger partial charge in [0, 0.05) is 21.2 Å². The SMILES string of the molecule is Nc1cc(Cl)ccc1SCC(=O)NC(=O)c1ccccc1. The van der Waals surface area contributed by atoms with Crippen molar-refractivity contribution in [1.82, 2.24) is 5.32 Å². The van der Waals surface area contributed by atoms with Gasteiger partial charge < -0.3 is 5.73 Å². The third kappa shape index (κ3) is 4.51. The van der Waals surface area contributed by atoms with Gasteiger partial charge in [0.1, 0.15) is 0 Å². The molecule has 0 aliphatic carbocycles. The summed E-state index contributed by atoms with van der Waals surface area (Å²) in [4.78, 5) is 24.3. The molecule has 0 atom stereocenters. The fraction of sp³-hybridized carbons (Fsp3) is 0.0667. The summed E-state index contributed by atoms with van der Waals surface area (Å²) < 4.78 is 0. The van der Waals surface area contributed by atoms with Crippen molar-refractivity contribution in [2.24, 2.45) is 0 Å². The maximum Gasteiger partial charge on any atom is 0.257 e. The zero-order chi connectivity index (χ0) is 15.2. The number of imide groups is 1. The summed E-state index contributed by atoms with van der Waals surface area (Å²) in [6.07, 6.45) is 0. The quantitative estimate of drug-likeness (QED) is 0.671. The van der Waals surface area contributed by atoms with Crippen LogP contribution in [0.25, 0.3) is 0 Å². The van der Waals surface area contributed by atoms with Crippen molar-refractivity contribution >= 4 is 40.9 Å². The Morgan fingerprint density at radius 1 is 1.14 bits per heavy atom. The molecular formula is C15H13ClN2O2S. The van der Waals surface area contributed by atoms with Gasteiger partial charge in [-0.25, -0.2) is 0 Å². The molecule has 3 N–H and O–H groups in total. The molecule has 2 aromatic rings. The van der Waals surface area contributed by atoms with Gasteiger partial charge in [-0.2, -0.15) is 0 Å². The van der Waals surface area contributed by atoms with Gasteiger partial charge >= 0.3 is 0 Å². The van der Waals surface area contributed by atoms with E-state index in [1.54, 1.807) is 48.5 Å². The summed E-state index contributed by atoms with van der Waals surface area (Å²) in [6.45, 7) is 0. The highest BCUT2D eigenvalue weighted by Crippen LogP contribution is 2.27. The van der Waals surface area contributed by atoms with Gasteiger partial charge in [-0.15, -0.1) is 11.8 Å². The minimum absolute atomic E-state index is 0.102. The molecule has 0 bridgehead atoms. The van der Waals surface area contributed by atoms with Crippen LogP contribution in [0.3, 0.4) is 0 Å². The molecule has 0 aliphatic heterocycles. The predicted molar refractivity (Wildman–Crippen MR) is 85.5 cm³/mol. The highest BCUT2D eigenvalue weighted by Gasteiger charge is 2.11. The summed E-state index contributed by atoms with van der Waals surface area (Å²) in [6, 6.07) is 13.6. The largest absolute Gasteiger partial charge is 0.398 e. The van der Waals surface area contributed by atoms with Crippen molar-refractivity contribution < 1.29 is 9.59 Å². The first-order valence-corrected chi connectivity index (χ1v) is 7.49. The average Bonchev–Trinajstić information content (AvgIpc) is 2.47. The number of carbonyl (C=O) groups is 2. The first-order chi connectivity index (χ1) is 10.1. The van der Waals surface area contributed by atoms with E-state index in [2.05, 4.69) is 5.32 Å². The Labute approximate surface area is 131 Å². The number of anilines is 1. The van der Waals surface area contributed by atoms with Crippen molar-refractivity contribution in [1.29, 1.82) is 0 Å². The minimum atomic E-state index is -0.412. The third-order valence-corrected chi connectivity index (χ3v) is 3.94. The van der Waals surface area contributed by atoms with E-state index in [1.807, 2.05) is 0 Å². The lowest BCUT2D eigenvalue weighted by Crippen LogP contribution is -2.31. The summed E-state index contributed by atoms with van der Waals surface area (Å²) >= 11 is 7.06. The number of amides is 2. The fourth-order valence-electron chi connectivity index (χ4n) is 1.62. The Balaban J connectivity index is 1.89. The highest BCUT2D eigenvalue weighted by atomic mass is 35.5. The van der Waals surface area contributed by atoms with Crippen LogP contribution in [0.1, 0.15) is 10.4 Å². The van der Waals surface area contributed by atoms with Crippen LogP contribution in [0, 0.1) is 0 Å². The Hall–Kier alpha value is -1.98. The molecule has 0 aromatic heterocycles. The Morgan fingerprint density at radius 2 is 1.86 bits per heavy atom.